The largest absolute Gasteiger partial charge is 0.332 e. The number of fused-ring (bicyclic) bond motifs is 1. The van der Waals surface area contributed by atoms with Crippen LogP contribution in [0.15, 0.2) is 35.2 Å². The number of aromatic nitrogens is 5. The minimum Gasteiger partial charge on any atom is -0.332 e. The molecule has 0 aliphatic carbocycles. The molecule has 0 bridgehead atoms. The average molecular weight is 281 g/mol. The van der Waals surface area contributed by atoms with Gasteiger partial charge in [-0.25, -0.2) is 4.98 Å². The number of aryl methyl sites for hydroxylation is 1. The Morgan fingerprint density at radius 1 is 1.10 bits per heavy atom. The highest BCUT2D eigenvalue weighted by atomic mass is 16.5. The summed E-state index contributed by atoms with van der Waals surface area (Å²) >= 11 is 0. The van der Waals surface area contributed by atoms with Gasteiger partial charge in [0.05, 0.1) is 6.20 Å². The maximum atomic E-state index is 5.43. The lowest BCUT2D eigenvalue weighted by Gasteiger charge is -2.04. The molecule has 0 unspecified atom stereocenters. The minimum atomic E-state index is 0.530. The summed E-state index contributed by atoms with van der Waals surface area (Å²) < 4.78 is 7.63. The highest BCUT2D eigenvalue weighted by Gasteiger charge is 2.19. The first-order valence-electron chi connectivity index (χ1n) is 7.21. The average Bonchev–Trinajstić information content (AvgIpc) is 3.10. The molecular weight excluding hydrogens is 266 g/mol. The van der Waals surface area contributed by atoms with Gasteiger partial charge in [0.25, 0.3) is 5.89 Å². The van der Waals surface area contributed by atoms with Gasteiger partial charge in [0.15, 0.2) is 0 Å². The van der Waals surface area contributed by atoms with E-state index in [9.17, 15) is 0 Å². The van der Waals surface area contributed by atoms with Crippen molar-refractivity contribution in [2.75, 3.05) is 0 Å². The smallest absolute Gasteiger partial charge is 0.276 e. The molecule has 6 nitrogen and oxygen atoms in total. The van der Waals surface area contributed by atoms with E-state index in [1.165, 1.54) is 19.3 Å². The fraction of sp³-hybridized carbons (Fsp3) is 0.333. The third-order valence-electron chi connectivity index (χ3n) is 3.80. The Balaban J connectivity index is 1.72. The van der Waals surface area contributed by atoms with Gasteiger partial charge in [-0.3, -0.25) is 4.98 Å². The van der Waals surface area contributed by atoms with Gasteiger partial charge in [-0.15, -0.1) is 0 Å². The van der Waals surface area contributed by atoms with Crippen LogP contribution >= 0.6 is 0 Å². The van der Waals surface area contributed by atoms with Gasteiger partial charge in [0, 0.05) is 30.9 Å². The van der Waals surface area contributed by atoms with Crippen LogP contribution in [0.2, 0.25) is 0 Å². The SMILES string of the molecule is c1cc(-c2noc(-c3cnc4n3CCCCC4)n2)ccn1. The third kappa shape index (κ3) is 2.22. The quantitative estimate of drug-likeness (QED) is 0.722. The van der Waals surface area contributed by atoms with Gasteiger partial charge >= 0.3 is 0 Å². The molecule has 6 heteroatoms. The summed E-state index contributed by atoms with van der Waals surface area (Å²) in [5.41, 5.74) is 1.82. The monoisotopic (exact) mass is 281 g/mol. The first-order valence-corrected chi connectivity index (χ1v) is 7.21. The molecule has 1 aliphatic rings. The van der Waals surface area contributed by atoms with Crippen molar-refractivity contribution in [3.8, 4) is 23.0 Å². The van der Waals surface area contributed by atoms with Crippen molar-refractivity contribution in [2.24, 2.45) is 0 Å². The molecule has 0 saturated carbocycles. The van der Waals surface area contributed by atoms with Crippen LogP contribution in [-0.2, 0) is 13.0 Å². The van der Waals surface area contributed by atoms with E-state index in [0.717, 1.165) is 30.0 Å². The molecule has 106 valence electrons. The summed E-state index contributed by atoms with van der Waals surface area (Å²) in [5.74, 6) is 2.23. The first-order chi connectivity index (χ1) is 10.4. The van der Waals surface area contributed by atoms with Crippen molar-refractivity contribution in [1.82, 2.24) is 24.7 Å². The van der Waals surface area contributed by atoms with Crippen LogP contribution in [0.4, 0.5) is 0 Å². The molecule has 0 fully saturated rings. The van der Waals surface area contributed by atoms with Crippen molar-refractivity contribution in [3.63, 3.8) is 0 Å². The summed E-state index contributed by atoms with van der Waals surface area (Å²) in [4.78, 5) is 13.0. The fourth-order valence-electron chi connectivity index (χ4n) is 2.71. The van der Waals surface area contributed by atoms with Gasteiger partial charge in [-0.1, -0.05) is 11.6 Å². The second-order valence-electron chi connectivity index (χ2n) is 5.18. The zero-order valence-corrected chi connectivity index (χ0v) is 11.6. The Morgan fingerprint density at radius 3 is 2.90 bits per heavy atom. The Morgan fingerprint density at radius 2 is 2.00 bits per heavy atom. The second kappa shape index (κ2) is 5.12. The standard InChI is InChI=1S/C15H15N5O/c1-2-4-13-17-10-12(20(13)9-3-1)15-18-14(19-21-15)11-5-7-16-8-6-11/h5-8,10H,1-4,9H2. The zero-order chi connectivity index (χ0) is 14.1. The van der Waals surface area contributed by atoms with Crippen molar-refractivity contribution >= 4 is 0 Å². The molecule has 3 aromatic heterocycles. The van der Waals surface area contributed by atoms with E-state index in [4.69, 9.17) is 4.52 Å². The minimum absolute atomic E-state index is 0.530. The number of hydrogen-bond acceptors (Lipinski definition) is 5. The van der Waals surface area contributed by atoms with Crippen LogP contribution in [0.3, 0.4) is 0 Å². The van der Waals surface area contributed by atoms with E-state index in [-0.39, 0.29) is 0 Å². The molecule has 0 atom stereocenters. The Bertz CT molecular complexity index is 747. The number of hydrogen-bond donors (Lipinski definition) is 0. The molecule has 4 heterocycles. The zero-order valence-electron chi connectivity index (χ0n) is 11.6. The third-order valence-corrected chi connectivity index (χ3v) is 3.80. The van der Waals surface area contributed by atoms with Crippen molar-refractivity contribution in [3.05, 3.63) is 36.5 Å². The summed E-state index contributed by atoms with van der Waals surface area (Å²) in [6.07, 6.45) is 9.90. The van der Waals surface area contributed by atoms with Crippen LogP contribution in [0, 0.1) is 0 Å². The molecule has 0 amide bonds. The number of nitrogens with zero attached hydrogens (tertiary/aromatic N) is 5. The van der Waals surface area contributed by atoms with Gasteiger partial charge < -0.3 is 9.09 Å². The Kier molecular flexibility index (Phi) is 2.99. The molecular formula is C15H15N5O. The normalized spacial score (nSPS) is 14.7. The van der Waals surface area contributed by atoms with E-state index in [2.05, 4.69) is 24.7 Å². The maximum absolute atomic E-state index is 5.43. The van der Waals surface area contributed by atoms with Gasteiger partial charge in [-0.2, -0.15) is 4.98 Å². The molecule has 21 heavy (non-hydrogen) atoms. The summed E-state index contributed by atoms with van der Waals surface area (Å²) in [6.45, 7) is 0.970. The second-order valence-corrected chi connectivity index (χ2v) is 5.18. The van der Waals surface area contributed by atoms with Crippen LogP contribution in [-0.4, -0.2) is 24.7 Å². The van der Waals surface area contributed by atoms with Crippen molar-refractivity contribution < 1.29 is 4.52 Å². The van der Waals surface area contributed by atoms with Crippen LogP contribution in [0.5, 0.6) is 0 Å². The Hall–Kier alpha value is -2.50. The highest BCUT2D eigenvalue weighted by Crippen LogP contribution is 2.25. The lowest BCUT2D eigenvalue weighted by molar-refractivity contribution is 0.428. The first kappa shape index (κ1) is 12.3. The van der Waals surface area contributed by atoms with Gasteiger partial charge in [0.1, 0.15) is 11.5 Å². The molecule has 0 N–H and O–H groups in total. The van der Waals surface area contributed by atoms with E-state index >= 15 is 0 Å². The predicted octanol–water partition coefficient (Wildman–Crippen LogP) is 2.72. The van der Waals surface area contributed by atoms with Gasteiger partial charge in [-0.05, 0) is 25.0 Å². The fourth-order valence-corrected chi connectivity index (χ4v) is 2.71. The molecule has 4 rings (SSSR count). The summed E-state index contributed by atoms with van der Waals surface area (Å²) in [5, 5.41) is 4.06. The molecule has 0 aromatic carbocycles. The Labute approximate surface area is 121 Å². The maximum Gasteiger partial charge on any atom is 0.276 e. The topological polar surface area (TPSA) is 69.6 Å². The lowest BCUT2D eigenvalue weighted by atomic mass is 10.2. The molecule has 0 spiro atoms. The number of imidazole rings is 1. The molecule has 0 radical (unpaired) electrons. The molecule has 3 aromatic rings. The number of rotatable bonds is 2. The summed E-state index contributed by atoms with van der Waals surface area (Å²) in [7, 11) is 0. The van der Waals surface area contributed by atoms with E-state index in [0.29, 0.717) is 11.7 Å². The van der Waals surface area contributed by atoms with E-state index in [1.807, 2.05) is 18.3 Å². The summed E-state index contributed by atoms with van der Waals surface area (Å²) in [6, 6.07) is 3.73. The van der Waals surface area contributed by atoms with Crippen molar-refractivity contribution in [1.29, 1.82) is 0 Å². The van der Waals surface area contributed by atoms with E-state index < -0.39 is 0 Å². The number of pyridine rings is 1. The van der Waals surface area contributed by atoms with Crippen LogP contribution < -0.4 is 0 Å². The molecule has 1 aliphatic heterocycles. The van der Waals surface area contributed by atoms with Crippen molar-refractivity contribution in [2.45, 2.75) is 32.2 Å². The highest BCUT2D eigenvalue weighted by molar-refractivity contribution is 5.57. The lowest BCUT2D eigenvalue weighted by Crippen LogP contribution is -2.02. The van der Waals surface area contributed by atoms with Crippen LogP contribution in [0.1, 0.15) is 25.1 Å². The predicted molar refractivity (Wildman–Crippen MR) is 76.3 cm³/mol. The van der Waals surface area contributed by atoms with Gasteiger partial charge in [0.2, 0.25) is 5.82 Å². The van der Waals surface area contributed by atoms with E-state index in [1.54, 1.807) is 12.4 Å². The molecule has 0 saturated heterocycles. The van der Waals surface area contributed by atoms with Crippen LogP contribution in [0.25, 0.3) is 23.0 Å².